The van der Waals surface area contributed by atoms with E-state index in [0.717, 1.165) is 17.4 Å². The summed E-state index contributed by atoms with van der Waals surface area (Å²) in [6.07, 6.45) is 1.78. The van der Waals surface area contributed by atoms with Gasteiger partial charge in [-0.05, 0) is 29.2 Å². The van der Waals surface area contributed by atoms with Gasteiger partial charge in [0, 0.05) is 20.3 Å². The average Bonchev–Trinajstić information content (AvgIpc) is 2.99. The summed E-state index contributed by atoms with van der Waals surface area (Å²) in [5.41, 5.74) is 2.49. The van der Waals surface area contributed by atoms with Crippen LogP contribution in [0, 0.1) is 0 Å². The smallest absolute Gasteiger partial charge is 0.191 e. The van der Waals surface area contributed by atoms with Crippen LogP contribution in [0.5, 0.6) is 5.75 Å². The molecule has 1 heterocycles. The maximum absolute atomic E-state index is 5.85. The number of halogens is 1. The number of nitrogens with zero attached hydrogens (tertiary/aromatic N) is 3. The summed E-state index contributed by atoms with van der Waals surface area (Å²) in [5, 5.41) is 10.7. The minimum Gasteiger partial charge on any atom is -0.492 e. The predicted octanol–water partition coefficient (Wildman–Crippen LogP) is 3.08. The molecule has 0 aliphatic heterocycles. The Labute approximate surface area is 173 Å². The summed E-state index contributed by atoms with van der Waals surface area (Å²) in [4.78, 5) is 4.22. The third kappa shape index (κ3) is 6.86. The lowest BCUT2D eigenvalue weighted by molar-refractivity contribution is 0.321. The minimum atomic E-state index is 0. The quantitative estimate of drug-likeness (QED) is 0.294. The highest BCUT2D eigenvalue weighted by atomic mass is 127. The van der Waals surface area contributed by atoms with E-state index in [0.29, 0.717) is 19.7 Å². The minimum absolute atomic E-state index is 0. The lowest BCUT2D eigenvalue weighted by atomic mass is 9.87. The topological polar surface area (TPSA) is 63.5 Å². The van der Waals surface area contributed by atoms with Crippen molar-refractivity contribution in [2.75, 3.05) is 20.2 Å². The molecule has 1 aromatic heterocycles. The Morgan fingerprint density at radius 2 is 2.00 bits per heavy atom. The zero-order valence-electron chi connectivity index (χ0n) is 16.2. The Morgan fingerprint density at radius 1 is 1.23 bits per heavy atom. The number of aromatic nitrogens is 2. The summed E-state index contributed by atoms with van der Waals surface area (Å²) in [6.45, 7) is 8.51. The average molecular weight is 471 g/mol. The standard InChI is InChI=1S/C19H29N5O.HI/c1-19(2,3)15-7-6-8-17(13-15)25-12-11-21-18(20-4)22-14-16-9-10-23-24(16)5;/h6-10,13H,11-12,14H2,1-5H3,(H2,20,21,22);1H. The second-order valence-corrected chi connectivity index (χ2v) is 6.92. The summed E-state index contributed by atoms with van der Waals surface area (Å²) < 4.78 is 7.69. The molecule has 0 fully saturated rings. The van der Waals surface area contributed by atoms with Crippen LogP contribution in [0.15, 0.2) is 41.5 Å². The number of hydrogen-bond acceptors (Lipinski definition) is 3. The van der Waals surface area contributed by atoms with Gasteiger partial charge in [-0.2, -0.15) is 5.10 Å². The number of aliphatic imine (C=N–C) groups is 1. The van der Waals surface area contributed by atoms with Gasteiger partial charge in [-0.1, -0.05) is 32.9 Å². The summed E-state index contributed by atoms with van der Waals surface area (Å²) in [6, 6.07) is 10.2. The van der Waals surface area contributed by atoms with Gasteiger partial charge in [0.05, 0.1) is 18.8 Å². The fourth-order valence-electron chi connectivity index (χ4n) is 2.36. The van der Waals surface area contributed by atoms with Crippen LogP contribution in [0.1, 0.15) is 32.0 Å². The molecule has 0 spiro atoms. The van der Waals surface area contributed by atoms with Gasteiger partial charge in [0.25, 0.3) is 0 Å². The van der Waals surface area contributed by atoms with Gasteiger partial charge >= 0.3 is 0 Å². The van der Waals surface area contributed by atoms with Crippen molar-refractivity contribution in [3.05, 3.63) is 47.8 Å². The van der Waals surface area contributed by atoms with Crippen LogP contribution in [0.25, 0.3) is 0 Å². The number of nitrogens with one attached hydrogen (secondary N) is 2. The maximum atomic E-state index is 5.85. The zero-order chi connectivity index (χ0) is 18.3. The number of ether oxygens (including phenoxy) is 1. The Hall–Kier alpha value is -1.77. The monoisotopic (exact) mass is 471 g/mol. The normalized spacial score (nSPS) is 11.7. The molecule has 0 atom stereocenters. The van der Waals surface area contributed by atoms with E-state index in [2.05, 4.69) is 53.6 Å². The molecular formula is C19H30IN5O. The molecule has 7 heteroatoms. The van der Waals surface area contributed by atoms with Crippen molar-refractivity contribution in [1.82, 2.24) is 20.4 Å². The molecule has 2 aromatic rings. The van der Waals surface area contributed by atoms with Crippen LogP contribution in [-0.2, 0) is 19.0 Å². The van der Waals surface area contributed by atoms with Gasteiger partial charge in [0.1, 0.15) is 12.4 Å². The summed E-state index contributed by atoms with van der Waals surface area (Å²) in [7, 11) is 3.68. The van der Waals surface area contributed by atoms with Crippen LogP contribution in [0.4, 0.5) is 0 Å². The van der Waals surface area contributed by atoms with Crippen molar-refractivity contribution >= 4 is 29.9 Å². The fourth-order valence-corrected chi connectivity index (χ4v) is 2.36. The SMILES string of the molecule is CN=C(NCCOc1cccc(C(C)(C)C)c1)NCc1ccnn1C.I. The van der Waals surface area contributed by atoms with Crippen LogP contribution < -0.4 is 15.4 Å². The molecule has 26 heavy (non-hydrogen) atoms. The third-order valence-corrected chi connectivity index (χ3v) is 3.95. The molecule has 0 saturated carbocycles. The molecule has 2 N–H and O–H groups in total. The Bertz CT molecular complexity index is 706. The second kappa shape index (κ2) is 10.4. The van der Waals surface area contributed by atoms with E-state index in [4.69, 9.17) is 4.74 Å². The van der Waals surface area contributed by atoms with Gasteiger partial charge in [-0.3, -0.25) is 9.67 Å². The molecular weight excluding hydrogens is 441 g/mol. The van der Waals surface area contributed by atoms with E-state index in [1.807, 2.05) is 29.9 Å². The molecule has 1 aromatic carbocycles. The van der Waals surface area contributed by atoms with Gasteiger partial charge in [-0.25, -0.2) is 0 Å². The molecule has 2 rings (SSSR count). The van der Waals surface area contributed by atoms with E-state index in [1.165, 1.54) is 5.56 Å². The molecule has 0 saturated heterocycles. The molecule has 6 nitrogen and oxygen atoms in total. The van der Waals surface area contributed by atoms with E-state index >= 15 is 0 Å². The highest BCUT2D eigenvalue weighted by Crippen LogP contribution is 2.25. The Balaban J connectivity index is 0.00000338. The van der Waals surface area contributed by atoms with E-state index < -0.39 is 0 Å². The van der Waals surface area contributed by atoms with Crippen molar-refractivity contribution in [2.24, 2.45) is 12.0 Å². The fraction of sp³-hybridized carbons (Fsp3) is 0.474. The van der Waals surface area contributed by atoms with E-state index in [-0.39, 0.29) is 29.4 Å². The van der Waals surface area contributed by atoms with E-state index in [9.17, 15) is 0 Å². The van der Waals surface area contributed by atoms with Crippen molar-refractivity contribution in [3.63, 3.8) is 0 Å². The second-order valence-electron chi connectivity index (χ2n) is 6.92. The van der Waals surface area contributed by atoms with Crippen LogP contribution >= 0.6 is 24.0 Å². The molecule has 0 unspecified atom stereocenters. The van der Waals surface area contributed by atoms with Crippen LogP contribution in [0.3, 0.4) is 0 Å². The molecule has 0 aliphatic carbocycles. The predicted molar refractivity (Wildman–Crippen MR) is 117 cm³/mol. The van der Waals surface area contributed by atoms with Crippen molar-refractivity contribution in [2.45, 2.75) is 32.7 Å². The van der Waals surface area contributed by atoms with Gasteiger partial charge in [0.15, 0.2) is 5.96 Å². The number of rotatable bonds is 6. The molecule has 144 valence electrons. The molecule has 0 amide bonds. The van der Waals surface area contributed by atoms with Crippen LogP contribution in [-0.4, -0.2) is 35.9 Å². The summed E-state index contributed by atoms with van der Waals surface area (Å²) >= 11 is 0. The number of guanidine groups is 1. The van der Waals surface area contributed by atoms with Gasteiger partial charge in [-0.15, -0.1) is 24.0 Å². The first-order valence-electron chi connectivity index (χ1n) is 8.55. The van der Waals surface area contributed by atoms with Crippen LogP contribution in [0.2, 0.25) is 0 Å². The highest BCUT2D eigenvalue weighted by molar-refractivity contribution is 14.0. The lowest BCUT2D eigenvalue weighted by Gasteiger charge is -2.20. The van der Waals surface area contributed by atoms with E-state index in [1.54, 1.807) is 13.2 Å². The lowest BCUT2D eigenvalue weighted by Crippen LogP contribution is -2.39. The van der Waals surface area contributed by atoms with Crippen molar-refractivity contribution in [3.8, 4) is 5.75 Å². The van der Waals surface area contributed by atoms with Crippen molar-refractivity contribution in [1.29, 1.82) is 0 Å². The maximum Gasteiger partial charge on any atom is 0.191 e. The number of hydrogen-bond donors (Lipinski definition) is 2. The first-order chi connectivity index (χ1) is 11.9. The van der Waals surface area contributed by atoms with Crippen molar-refractivity contribution < 1.29 is 4.74 Å². The largest absolute Gasteiger partial charge is 0.492 e. The number of benzene rings is 1. The first-order valence-corrected chi connectivity index (χ1v) is 8.55. The summed E-state index contributed by atoms with van der Waals surface area (Å²) in [5.74, 6) is 1.64. The Kier molecular flexibility index (Phi) is 8.91. The first kappa shape index (κ1) is 22.3. The molecule has 0 radical (unpaired) electrons. The zero-order valence-corrected chi connectivity index (χ0v) is 18.6. The highest BCUT2D eigenvalue weighted by Gasteiger charge is 2.13. The molecule has 0 aliphatic rings. The molecule has 0 bridgehead atoms. The van der Waals surface area contributed by atoms with Gasteiger partial charge < -0.3 is 15.4 Å². The van der Waals surface area contributed by atoms with Gasteiger partial charge in [0.2, 0.25) is 0 Å². The number of aryl methyl sites for hydroxylation is 1. The third-order valence-electron chi connectivity index (χ3n) is 3.95. The Morgan fingerprint density at radius 3 is 2.62 bits per heavy atom.